The van der Waals surface area contributed by atoms with E-state index >= 15 is 0 Å². The molecule has 0 amide bonds. The average Bonchev–Trinajstić information content (AvgIpc) is 2.37. The minimum absolute atomic E-state index is 0.0450. The van der Waals surface area contributed by atoms with Gasteiger partial charge in [-0.1, -0.05) is 23.2 Å². The number of rotatable bonds is 3. The topological polar surface area (TPSA) is 66.8 Å². The summed E-state index contributed by atoms with van der Waals surface area (Å²) in [6.07, 6.45) is -0.502. The third-order valence-corrected chi connectivity index (χ3v) is 5.06. The molecule has 0 aliphatic carbocycles. The first-order valence-electron chi connectivity index (χ1n) is 5.62. The second-order valence-corrected chi connectivity index (χ2v) is 6.95. The number of aliphatic hydroxyl groups excluding tert-OH is 1. The summed E-state index contributed by atoms with van der Waals surface area (Å²) in [4.78, 5) is 0.0450. The normalized spacial score (nSPS) is 21.5. The molecule has 19 heavy (non-hydrogen) atoms. The third-order valence-electron chi connectivity index (χ3n) is 2.78. The number of hydrogen-bond acceptors (Lipinski definition) is 4. The van der Waals surface area contributed by atoms with Gasteiger partial charge in [-0.2, -0.15) is 4.31 Å². The van der Waals surface area contributed by atoms with E-state index in [2.05, 4.69) is 0 Å². The Balaban J connectivity index is 2.31. The fourth-order valence-electron chi connectivity index (χ4n) is 1.85. The molecule has 1 aromatic carbocycles. The molecule has 1 aromatic rings. The Kier molecular flexibility index (Phi) is 4.70. The molecule has 2 rings (SSSR count). The van der Waals surface area contributed by atoms with Crippen LogP contribution < -0.4 is 0 Å². The van der Waals surface area contributed by atoms with Crippen LogP contribution in [0.25, 0.3) is 0 Å². The summed E-state index contributed by atoms with van der Waals surface area (Å²) in [5.41, 5.74) is 0. The molecule has 1 heterocycles. The van der Waals surface area contributed by atoms with E-state index in [-0.39, 0.29) is 41.2 Å². The summed E-state index contributed by atoms with van der Waals surface area (Å²) in [6, 6.07) is 4.18. The largest absolute Gasteiger partial charge is 0.394 e. The number of aliphatic hydroxyl groups is 1. The van der Waals surface area contributed by atoms with E-state index in [1.54, 1.807) is 0 Å². The summed E-state index contributed by atoms with van der Waals surface area (Å²) in [6.45, 7) is 0.382. The molecule has 1 unspecified atom stereocenters. The predicted octanol–water partition coefficient (Wildman–Crippen LogP) is 1.38. The second kappa shape index (κ2) is 5.95. The van der Waals surface area contributed by atoms with Gasteiger partial charge < -0.3 is 9.84 Å². The number of benzene rings is 1. The van der Waals surface area contributed by atoms with E-state index in [0.717, 1.165) is 0 Å². The highest BCUT2D eigenvalue weighted by Gasteiger charge is 2.30. The van der Waals surface area contributed by atoms with E-state index in [1.807, 2.05) is 0 Å². The molecule has 0 saturated carbocycles. The first-order chi connectivity index (χ1) is 8.93. The highest BCUT2D eigenvalue weighted by atomic mass is 35.5. The second-order valence-electron chi connectivity index (χ2n) is 4.14. The van der Waals surface area contributed by atoms with Crippen molar-refractivity contribution in [3.05, 3.63) is 28.2 Å². The Labute approximate surface area is 121 Å². The molecule has 1 atom stereocenters. The molecule has 0 spiro atoms. The molecule has 1 N–H and O–H groups in total. The summed E-state index contributed by atoms with van der Waals surface area (Å²) < 4.78 is 31.3. The van der Waals surface area contributed by atoms with E-state index < -0.39 is 16.1 Å². The van der Waals surface area contributed by atoms with Crippen molar-refractivity contribution in [2.45, 2.75) is 11.0 Å². The maximum Gasteiger partial charge on any atom is 0.243 e. The number of nitrogens with zero attached hydrogens (tertiary/aromatic N) is 1. The fourth-order valence-corrected chi connectivity index (χ4v) is 4.03. The van der Waals surface area contributed by atoms with Crippen LogP contribution in [0.3, 0.4) is 0 Å². The van der Waals surface area contributed by atoms with Crippen LogP contribution in [0.2, 0.25) is 10.0 Å². The zero-order chi connectivity index (χ0) is 14.0. The van der Waals surface area contributed by atoms with Gasteiger partial charge in [0.05, 0.1) is 24.2 Å². The Morgan fingerprint density at radius 2 is 1.95 bits per heavy atom. The van der Waals surface area contributed by atoms with Crippen LogP contribution in [-0.2, 0) is 14.8 Å². The van der Waals surface area contributed by atoms with Crippen molar-refractivity contribution in [1.82, 2.24) is 4.31 Å². The molecular formula is C11H13Cl2NO4S. The number of ether oxygens (including phenoxy) is 1. The van der Waals surface area contributed by atoms with Crippen LogP contribution >= 0.6 is 23.2 Å². The maximum absolute atomic E-state index is 12.4. The zero-order valence-electron chi connectivity index (χ0n) is 9.92. The van der Waals surface area contributed by atoms with Crippen LogP contribution in [-0.4, -0.2) is 50.2 Å². The van der Waals surface area contributed by atoms with Crippen molar-refractivity contribution in [2.75, 3.05) is 26.3 Å². The van der Waals surface area contributed by atoms with Gasteiger partial charge in [-0.15, -0.1) is 0 Å². The van der Waals surface area contributed by atoms with Gasteiger partial charge in [0.2, 0.25) is 10.0 Å². The monoisotopic (exact) mass is 325 g/mol. The van der Waals surface area contributed by atoms with Gasteiger partial charge in [-0.25, -0.2) is 8.42 Å². The van der Waals surface area contributed by atoms with E-state index in [1.165, 1.54) is 22.5 Å². The molecule has 5 nitrogen and oxygen atoms in total. The zero-order valence-corrected chi connectivity index (χ0v) is 12.2. The van der Waals surface area contributed by atoms with Crippen molar-refractivity contribution in [3.63, 3.8) is 0 Å². The molecule has 0 aromatic heterocycles. The smallest absolute Gasteiger partial charge is 0.243 e. The molecule has 1 aliphatic heterocycles. The Morgan fingerprint density at radius 1 is 1.32 bits per heavy atom. The predicted molar refractivity (Wildman–Crippen MR) is 72.0 cm³/mol. The van der Waals surface area contributed by atoms with Crippen LogP contribution in [0.4, 0.5) is 0 Å². The molecule has 0 radical (unpaired) electrons. The van der Waals surface area contributed by atoms with Crippen molar-refractivity contribution >= 4 is 33.2 Å². The lowest BCUT2D eigenvalue weighted by Crippen LogP contribution is -2.46. The molecule has 8 heteroatoms. The summed E-state index contributed by atoms with van der Waals surface area (Å²) in [5.74, 6) is 0. The van der Waals surface area contributed by atoms with E-state index in [9.17, 15) is 8.42 Å². The van der Waals surface area contributed by atoms with Gasteiger partial charge in [-0.3, -0.25) is 0 Å². The lowest BCUT2D eigenvalue weighted by molar-refractivity contribution is -0.0304. The molecule has 0 bridgehead atoms. The third kappa shape index (κ3) is 3.39. The Hall–Kier alpha value is -0.370. The lowest BCUT2D eigenvalue weighted by atomic mass is 10.3. The first-order valence-corrected chi connectivity index (χ1v) is 7.82. The number of hydrogen-bond donors (Lipinski definition) is 1. The van der Waals surface area contributed by atoms with E-state index in [4.69, 9.17) is 33.0 Å². The van der Waals surface area contributed by atoms with Crippen LogP contribution in [0.1, 0.15) is 0 Å². The first kappa shape index (κ1) is 15.0. The van der Waals surface area contributed by atoms with Gasteiger partial charge in [0.15, 0.2) is 0 Å². The molecule has 106 valence electrons. The summed E-state index contributed by atoms with van der Waals surface area (Å²) in [5, 5.41) is 9.57. The van der Waals surface area contributed by atoms with Crippen LogP contribution in [0.15, 0.2) is 23.1 Å². The molecule has 1 fully saturated rings. The minimum Gasteiger partial charge on any atom is -0.394 e. The minimum atomic E-state index is -3.68. The lowest BCUT2D eigenvalue weighted by Gasteiger charge is -2.31. The number of halogens is 2. The van der Waals surface area contributed by atoms with Gasteiger partial charge >= 0.3 is 0 Å². The van der Waals surface area contributed by atoms with E-state index in [0.29, 0.717) is 0 Å². The number of morpholine rings is 1. The maximum atomic E-state index is 12.4. The van der Waals surface area contributed by atoms with Gasteiger partial charge in [0.1, 0.15) is 0 Å². The quantitative estimate of drug-likeness (QED) is 0.911. The standard InChI is InChI=1S/C11H13Cl2NO4S/c12-8-3-9(13)5-11(4-8)19(16,17)14-1-2-18-10(6-14)7-15/h3-5,10,15H,1-2,6-7H2. The Morgan fingerprint density at radius 3 is 2.53 bits per heavy atom. The van der Waals surface area contributed by atoms with Crippen molar-refractivity contribution in [1.29, 1.82) is 0 Å². The molecular weight excluding hydrogens is 313 g/mol. The summed E-state index contributed by atoms with van der Waals surface area (Å²) in [7, 11) is -3.68. The summed E-state index contributed by atoms with van der Waals surface area (Å²) >= 11 is 11.6. The van der Waals surface area contributed by atoms with Gasteiger partial charge in [-0.05, 0) is 18.2 Å². The number of sulfonamides is 1. The Bertz CT molecular complexity index is 544. The van der Waals surface area contributed by atoms with Crippen LogP contribution in [0.5, 0.6) is 0 Å². The van der Waals surface area contributed by atoms with Crippen molar-refractivity contribution in [2.24, 2.45) is 0 Å². The molecule has 1 aliphatic rings. The van der Waals surface area contributed by atoms with Crippen molar-refractivity contribution in [3.8, 4) is 0 Å². The molecule has 1 saturated heterocycles. The SMILES string of the molecule is O=S(=O)(c1cc(Cl)cc(Cl)c1)N1CCOC(CO)C1. The average molecular weight is 326 g/mol. The van der Waals surface area contributed by atoms with Gasteiger partial charge in [0, 0.05) is 23.1 Å². The van der Waals surface area contributed by atoms with Crippen molar-refractivity contribution < 1.29 is 18.3 Å². The van der Waals surface area contributed by atoms with Gasteiger partial charge in [0.25, 0.3) is 0 Å². The highest BCUT2D eigenvalue weighted by Crippen LogP contribution is 2.25. The fraction of sp³-hybridized carbons (Fsp3) is 0.455. The highest BCUT2D eigenvalue weighted by molar-refractivity contribution is 7.89. The van der Waals surface area contributed by atoms with Crippen LogP contribution in [0, 0.1) is 0 Å².